The van der Waals surface area contributed by atoms with Gasteiger partial charge in [0.05, 0.1) is 23.0 Å². The standard InChI is InChI=1S/C20H25N5O6S/c26-20(22-10-9-21-17-6-2-3-7-18(17)25(27)28)23-15-16-5-1-4-8-19(16)32(29,30)24-11-13-31-14-12-24/h1-8,21H,9-15H2,(H2,22,23,26). The molecule has 3 rings (SSSR count). The lowest BCUT2D eigenvalue weighted by molar-refractivity contribution is -0.384. The summed E-state index contributed by atoms with van der Waals surface area (Å²) in [6, 6.07) is 12.3. The summed E-state index contributed by atoms with van der Waals surface area (Å²) >= 11 is 0. The van der Waals surface area contributed by atoms with Crippen LogP contribution in [0.5, 0.6) is 0 Å². The third-order valence-corrected chi connectivity index (χ3v) is 6.83. The summed E-state index contributed by atoms with van der Waals surface area (Å²) in [6.07, 6.45) is 0. The smallest absolute Gasteiger partial charge is 0.315 e. The lowest BCUT2D eigenvalue weighted by atomic mass is 10.2. The molecule has 32 heavy (non-hydrogen) atoms. The van der Waals surface area contributed by atoms with Gasteiger partial charge in [0.25, 0.3) is 5.69 Å². The molecule has 12 heteroatoms. The Labute approximate surface area is 186 Å². The van der Waals surface area contributed by atoms with Crippen LogP contribution in [-0.4, -0.2) is 63.1 Å². The van der Waals surface area contributed by atoms with Crippen LogP contribution in [0.4, 0.5) is 16.2 Å². The Morgan fingerprint density at radius 2 is 1.72 bits per heavy atom. The molecule has 1 aliphatic rings. The largest absolute Gasteiger partial charge is 0.379 e. The molecule has 1 saturated heterocycles. The number of urea groups is 1. The third-order valence-electron chi connectivity index (χ3n) is 4.83. The molecule has 0 bridgehead atoms. The van der Waals surface area contributed by atoms with E-state index in [9.17, 15) is 23.3 Å². The van der Waals surface area contributed by atoms with Gasteiger partial charge in [-0.2, -0.15) is 4.31 Å². The van der Waals surface area contributed by atoms with Gasteiger partial charge < -0.3 is 20.7 Å². The van der Waals surface area contributed by atoms with E-state index in [1.807, 2.05) is 0 Å². The van der Waals surface area contributed by atoms with Crippen LogP contribution in [0.3, 0.4) is 0 Å². The number of ether oxygens (including phenoxy) is 1. The van der Waals surface area contributed by atoms with E-state index in [2.05, 4.69) is 16.0 Å². The van der Waals surface area contributed by atoms with Crippen molar-refractivity contribution in [3.8, 4) is 0 Å². The van der Waals surface area contributed by atoms with Crippen molar-refractivity contribution in [2.75, 3.05) is 44.7 Å². The SMILES string of the molecule is O=C(NCCNc1ccccc1[N+](=O)[O-])NCc1ccccc1S(=O)(=O)N1CCOCC1. The summed E-state index contributed by atoms with van der Waals surface area (Å²) in [6.45, 7) is 1.80. The molecule has 0 atom stereocenters. The van der Waals surface area contributed by atoms with Gasteiger partial charge >= 0.3 is 6.03 Å². The van der Waals surface area contributed by atoms with Gasteiger partial charge in [-0.25, -0.2) is 13.2 Å². The molecule has 0 aliphatic carbocycles. The van der Waals surface area contributed by atoms with Gasteiger partial charge in [0.2, 0.25) is 10.0 Å². The lowest BCUT2D eigenvalue weighted by Crippen LogP contribution is -2.41. The van der Waals surface area contributed by atoms with Crippen LogP contribution in [0, 0.1) is 10.1 Å². The predicted molar refractivity (Wildman–Crippen MR) is 118 cm³/mol. The first-order chi connectivity index (χ1) is 15.4. The second-order valence-corrected chi connectivity index (χ2v) is 8.84. The second-order valence-electron chi connectivity index (χ2n) is 6.93. The number of benzene rings is 2. The molecule has 1 aliphatic heterocycles. The fraction of sp³-hybridized carbons (Fsp3) is 0.350. The molecular weight excluding hydrogens is 438 g/mol. The maximum absolute atomic E-state index is 13.0. The first-order valence-electron chi connectivity index (χ1n) is 10.0. The van der Waals surface area contributed by atoms with Crippen molar-refractivity contribution in [2.45, 2.75) is 11.4 Å². The number of nitrogens with one attached hydrogen (secondary N) is 3. The number of carbonyl (C=O) groups excluding carboxylic acids is 1. The Hall–Kier alpha value is -3.22. The van der Waals surface area contributed by atoms with Crippen molar-refractivity contribution < 1.29 is 22.9 Å². The summed E-state index contributed by atoms with van der Waals surface area (Å²) in [5.74, 6) is 0. The van der Waals surface area contributed by atoms with Gasteiger partial charge in [-0.1, -0.05) is 30.3 Å². The normalized spacial score (nSPS) is 14.5. The lowest BCUT2D eigenvalue weighted by Gasteiger charge is -2.27. The monoisotopic (exact) mass is 463 g/mol. The average molecular weight is 464 g/mol. The van der Waals surface area contributed by atoms with Crippen LogP contribution in [0.25, 0.3) is 0 Å². The molecule has 1 fully saturated rings. The predicted octanol–water partition coefficient (Wildman–Crippen LogP) is 1.53. The zero-order valence-electron chi connectivity index (χ0n) is 17.3. The van der Waals surface area contributed by atoms with Crippen molar-refractivity contribution in [3.63, 3.8) is 0 Å². The van der Waals surface area contributed by atoms with Gasteiger partial charge in [0, 0.05) is 38.8 Å². The molecule has 0 saturated carbocycles. The summed E-state index contributed by atoms with van der Waals surface area (Å²) in [5.41, 5.74) is 0.796. The molecule has 2 amide bonds. The highest BCUT2D eigenvalue weighted by Crippen LogP contribution is 2.23. The van der Waals surface area contributed by atoms with Crippen LogP contribution < -0.4 is 16.0 Å². The fourth-order valence-corrected chi connectivity index (χ4v) is 4.85. The van der Waals surface area contributed by atoms with Gasteiger partial charge in [-0.3, -0.25) is 10.1 Å². The average Bonchev–Trinajstić information content (AvgIpc) is 2.81. The Kier molecular flexibility index (Phi) is 7.98. The van der Waals surface area contributed by atoms with E-state index in [1.165, 1.54) is 16.4 Å². The fourth-order valence-electron chi connectivity index (χ4n) is 3.22. The highest BCUT2D eigenvalue weighted by Gasteiger charge is 2.28. The quantitative estimate of drug-likeness (QED) is 0.291. The number of anilines is 1. The van der Waals surface area contributed by atoms with Gasteiger partial charge in [0.15, 0.2) is 0 Å². The van der Waals surface area contributed by atoms with Crippen molar-refractivity contribution in [1.82, 2.24) is 14.9 Å². The summed E-state index contributed by atoms with van der Waals surface area (Å²) in [7, 11) is -3.69. The first kappa shape index (κ1) is 23.4. The molecule has 2 aromatic rings. The number of amides is 2. The highest BCUT2D eigenvalue weighted by atomic mass is 32.2. The van der Waals surface area contributed by atoms with E-state index in [1.54, 1.807) is 36.4 Å². The minimum absolute atomic E-state index is 0.0309. The number of carbonyl (C=O) groups is 1. The number of hydrogen-bond donors (Lipinski definition) is 3. The Morgan fingerprint density at radius 3 is 2.47 bits per heavy atom. The van der Waals surface area contributed by atoms with E-state index >= 15 is 0 Å². The number of rotatable bonds is 9. The minimum atomic E-state index is -3.69. The molecule has 0 spiro atoms. The van der Waals surface area contributed by atoms with Crippen LogP contribution >= 0.6 is 0 Å². The Balaban J connectivity index is 1.51. The van der Waals surface area contributed by atoms with E-state index in [0.717, 1.165) is 0 Å². The van der Waals surface area contributed by atoms with Crippen LogP contribution in [0.1, 0.15) is 5.56 Å². The zero-order valence-corrected chi connectivity index (χ0v) is 18.1. The summed E-state index contributed by atoms with van der Waals surface area (Å²) in [5, 5.41) is 19.2. The molecule has 11 nitrogen and oxygen atoms in total. The summed E-state index contributed by atoms with van der Waals surface area (Å²) in [4.78, 5) is 22.8. The van der Waals surface area contributed by atoms with Gasteiger partial charge in [-0.05, 0) is 17.7 Å². The van der Waals surface area contributed by atoms with Crippen LogP contribution in [0.15, 0.2) is 53.4 Å². The molecule has 3 N–H and O–H groups in total. The van der Waals surface area contributed by atoms with Crippen molar-refractivity contribution in [2.24, 2.45) is 0 Å². The van der Waals surface area contributed by atoms with E-state index < -0.39 is 21.0 Å². The third kappa shape index (κ3) is 5.93. The molecular formula is C20H25N5O6S. The highest BCUT2D eigenvalue weighted by molar-refractivity contribution is 7.89. The van der Waals surface area contributed by atoms with E-state index in [-0.39, 0.29) is 43.3 Å². The Bertz CT molecular complexity index is 1060. The number of nitrogens with zero attached hydrogens (tertiary/aromatic N) is 2. The van der Waals surface area contributed by atoms with Gasteiger partial charge in [-0.15, -0.1) is 0 Å². The molecule has 172 valence electrons. The maximum atomic E-state index is 13.0. The maximum Gasteiger partial charge on any atom is 0.315 e. The molecule has 0 unspecified atom stereocenters. The van der Waals surface area contributed by atoms with E-state index in [4.69, 9.17) is 4.74 Å². The molecule has 2 aromatic carbocycles. The molecule has 1 heterocycles. The molecule has 0 aromatic heterocycles. The number of para-hydroxylation sites is 2. The Morgan fingerprint density at radius 1 is 1.03 bits per heavy atom. The summed E-state index contributed by atoms with van der Waals surface area (Å²) < 4.78 is 32.5. The first-order valence-corrected chi connectivity index (χ1v) is 11.5. The van der Waals surface area contributed by atoms with Crippen LogP contribution in [-0.2, 0) is 21.3 Å². The van der Waals surface area contributed by atoms with Crippen LogP contribution in [0.2, 0.25) is 0 Å². The number of nitro benzene ring substituents is 1. The number of nitro groups is 1. The van der Waals surface area contributed by atoms with E-state index in [0.29, 0.717) is 24.5 Å². The topological polar surface area (TPSA) is 143 Å². The molecule has 0 radical (unpaired) electrons. The zero-order chi connectivity index (χ0) is 23.0. The van der Waals surface area contributed by atoms with Crippen molar-refractivity contribution >= 4 is 27.4 Å². The number of morpholine rings is 1. The second kappa shape index (κ2) is 10.9. The number of hydrogen-bond acceptors (Lipinski definition) is 7. The van der Waals surface area contributed by atoms with Crippen molar-refractivity contribution in [1.29, 1.82) is 0 Å². The van der Waals surface area contributed by atoms with Crippen molar-refractivity contribution in [3.05, 3.63) is 64.2 Å². The minimum Gasteiger partial charge on any atom is -0.379 e. The number of sulfonamides is 1. The van der Waals surface area contributed by atoms with Gasteiger partial charge in [0.1, 0.15) is 5.69 Å².